The molecule has 2 aromatic carbocycles. The molecule has 0 spiro atoms. The summed E-state index contributed by atoms with van der Waals surface area (Å²) in [6, 6.07) is 9.69. The lowest BCUT2D eigenvalue weighted by Gasteiger charge is -2.17. The van der Waals surface area contributed by atoms with Crippen molar-refractivity contribution in [2.75, 3.05) is 0 Å². The normalized spacial score (nSPS) is 13.8. The molecule has 1 aliphatic heterocycles. The van der Waals surface area contributed by atoms with Gasteiger partial charge >= 0.3 is 17.9 Å². The molecule has 0 bridgehead atoms. The van der Waals surface area contributed by atoms with Crippen molar-refractivity contribution in [2.24, 2.45) is 0 Å². The third-order valence-electron chi connectivity index (χ3n) is 4.69. The van der Waals surface area contributed by atoms with Gasteiger partial charge in [-0.05, 0) is 38.1 Å². The minimum Gasteiger partial charge on any atom is -0.480 e. The van der Waals surface area contributed by atoms with Crippen molar-refractivity contribution >= 4 is 35.6 Å². The highest BCUT2D eigenvalue weighted by Gasteiger charge is 2.40. The molecule has 11 heteroatoms. The van der Waals surface area contributed by atoms with E-state index in [0.29, 0.717) is 0 Å². The molecule has 0 radical (unpaired) electrons. The zero-order valence-electron chi connectivity index (χ0n) is 17.5. The standard InChI is InChI=1S/C11H11NO5.C11H9NO4/c1-6(10(14)15)12-9(13)7-4-2-3-5-8(7)11(16)17;1-6(11(15)16)12-9(13)7-4-2-3-5-8(7)10(12)14/h2-6H,1H3,(H,12,13)(H,14,15)(H,16,17);2-6H,1H3,(H,15,16). The third-order valence-corrected chi connectivity index (χ3v) is 4.69. The number of aliphatic carboxylic acids is 2. The number of amides is 3. The summed E-state index contributed by atoms with van der Waals surface area (Å²) in [7, 11) is 0. The Labute approximate surface area is 187 Å². The third kappa shape index (κ3) is 5.39. The van der Waals surface area contributed by atoms with Gasteiger partial charge in [-0.3, -0.25) is 24.1 Å². The molecule has 2 aromatic rings. The van der Waals surface area contributed by atoms with Crippen LogP contribution in [-0.2, 0) is 9.59 Å². The first-order valence-electron chi connectivity index (χ1n) is 9.53. The van der Waals surface area contributed by atoms with E-state index in [4.69, 9.17) is 15.3 Å². The van der Waals surface area contributed by atoms with E-state index < -0.39 is 47.7 Å². The monoisotopic (exact) mass is 456 g/mol. The van der Waals surface area contributed by atoms with Gasteiger partial charge in [-0.25, -0.2) is 9.59 Å². The fourth-order valence-corrected chi connectivity index (χ4v) is 2.87. The van der Waals surface area contributed by atoms with Gasteiger partial charge in [0.15, 0.2) is 0 Å². The molecule has 4 N–H and O–H groups in total. The Balaban J connectivity index is 0.000000234. The fourth-order valence-electron chi connectivity index (χ4n) is 2.87. The van der Waals surface area contributed by atoms with Gasteiger partial charge in [-0.2, -0.15) is 0 Å². The Morgan fingerprint density at radius 3 is 1.64 bits per heavy atom. The second-order valence-electron chi connectivity index (χ2n) is 6.92. The Kier molecular flexibility index (Phi) is 7.63. The Bertz CT molecular complexity index is 1110. The van der Waals surface area contributed by atoms with E-state index in [1.807, 2.05) is 0 Å². The van der Waals surface area contributed by atoms with Crippen LogP contribution in [0, 0.1) is 0 Å². The van der Waals surface area contributed by atoms with E-state index in [1.54, 1.807) is 12.1 Å². The van der Waals surface area contributed by atoms with Crippen molar-refractivity contribution in [2.45, 2.75) is 25.9 Å². The summed E-state index contributed by atoms with van der Waals surface area (Å²) in [5.41, 5.74) is 0.303. The molecule has 0 saturated carbocycles. The first kappa shape index (κ1) is 24.7. The minimum absolute atomic E-state index is 0.0619. The van der Waals surface area contributed by atoms with Crippen molar-refractivity contribution in [1.29, 1.82) is 0 Å². The number of carboxylic acids is 3. The average molecular weight is 456 g/mol. The van der Waals surface area contributed by atoms with E-state index in [1.165, 1.54) is 50.2 Å². The summed E-state index contributed by atoms with van der Waals surface area (Å²) in [6.45, 7) is 2.60. The maximum atomic E-state index is 11.8. The number of hydrogen-bond acceptors (Lipinski definition) is 6. The molecule has 0 aromatic heterocycles. The lowest BCUT2D eigenvalue weighted by atomic mass is 10.1. The van der Waals surface area contributed by atoms with Crippen molar-refractivity contribution in [3.05, 3.63) is 70.8 Å². The van der Waals surface area contributed by atoms with Crippen LogP contribution in [0.2, 0.25) is 0 Å². The molecule has 0 saturated heterocycles. The minimum atomic E-state index is -1.24. The second kappa shape index (κ2) is 10.2. The van der Waals surface area contributed by atoms with Gasteiger partial charge in [-0.1, -0.05) is 24.3 Å². The molecule has 1 heterocycles. The van der Waals surface area contributed by atoms with Crippen LogP contribution in [0.25, 0.3) is 0 Å². The molecule has 0 fully saturated rings. The summed E-state index contributed by atoms with van der Waals surface area (Å²) < 4.78 is 0. The molecular formula is C22H20N2O9. The smallest absolute Gasteiger partial charge is 0.336 e. The van der Waals surface area contributed by atoms with Crippen LogP contribution in [0.4, 0.5) is 0 Å². The molecule has 1 aliphatic rings. The summed E-state index contributed by atoms with van der Waals surface area (Å²) in [4.78, 5) is 68.2. The van der Waals surface area contributed by atoms with Crippen LogP contribution in [-0.4, -0.2) is 67.9 Å². The quantitative estimate of drug-likeness (QED) is 0.467. The number of carbonyl (C=O) groups excluding carboxylic acids is 3. The Morgan fingerprint density at radius 1 is 0.758 bits per heavy atom. The average Bonchev–Trinajstić information content (AvgIpc) is 3.03. The fraction of sp³-hybridized carbons (Fsp3) is 0.182. The summed E-state index contributed by atoms with van der Waals surface area (Å²) in [5, 5.41) is 28.5. The van der Waals surface area contributed by atoms with Gasteiger partial charge in [0, 0.05) is 0 Å². The van der Waals surface area contributed by atoms with Crippen LogP contribution in [0.3, 0.4) is 0 Å². The Hall–Kier alpha value is -4.54. The van der Waals surface area contributed by atoms with Crippen LogP contribution >= 0.6 is 0 Å². The predicted molar refractivity (Wildman–Crippen MR) is 112 cm³/mol. The van der Waals surface area contributed by atoms with Crippen molar-refractivity contribution < 1.29 is 44.1 Å². The van der Waals surface area contributed by atoms with Gasteiger partial charge in [-0.15, -0.1) is 0 Å². The second-order valence-corrected chi connectivity index (χ2v) is 6.92. The first-order chi connectivity index (χ1) is 15.5. The predicted octanol–water partition coefficient (Wildman–Crippen LogP) is 1.34. The maximum Gasteiger partial charge on any atom is 0.336 e. The van der Waals surface area contributed by atoms with E-state index in [9.17, 15) is 28.8 Å². The van der Waals surface area contributed by atoms with Gasteiger partial charge in [0.1, 0.15) is 12.1 Å². The highest BCUT2D eigenvalue weighted by molar-refractivity contribution is 6.22. The largest absolute Gasteiger partial charge is 0.480 e. The first-order valence-corrected chi connectivity index (χ1v) is 9.53. The summed E-state index contributed by atoms with van der Waals surface area (Å²) in [6.07, 6.45) is 0. The number of nitrogens with one attached hydrogen (secondary N) is 1. The Morgan fingerprint density at radius 2 is 1.21 bits per heavy atom. The van der Waals surface area contributed by atoms with E-state index >= 15 is 0 Å². The SMILES string of the molecule is CC(C(=O)O)N1C(=O)c2ccccc2C1=O.CC(NC(=O)c1ccccc1C(=O)O)C(=O)O. The zero-order chi connectivity index (χ0) is 24.9. The number of aromatic carboxylic acids is 1. The number of imide groups is 1. The lowest BCUT2D eigenvalue weighted by Crippen LogP contribution is -2.42. The molecule has 33 heavy (non-hydrogen) atoms. The number of hydrogen-bond donors (Lipinski definition) is 4. The van der Waals surface area contributed by atoms with Crippen LogP contribution in [0.15, 0.2) is 48.5 Å². The number of rotatable bonds is 6. The molecular weight excluding hydrogens is 436 g/mol. The van der Waals surface area contributed by atoms with Crippen LogP contribution in [0.1, 0.15) is 55.3 Å². The molecule has 11 nitrogen and oxygen atoms in total. The number of benzene rings is 2. The molecule has 2 unspecified atom stereocenters. The van der Waals surface area contributed by atoms with Crippen LogP contribution in [0.5, 0.6) is 0 Å². The van der Waals surface area contributed by atoms with E-state index in [2.05, 4.69) is 5.32 Å². The van der Waals surface area contributed by atoms with Gasteiger partial charge < -0.3 is 20.6 Å². The van der Waals surface area contributed by atoms with E-state index in [0.717, 1.165) is 4.90 Å². The maximum absolute atomic E-state index is 11.8. The van der Waals surface area contributed by atoms with Gasteiger partial charge in [0.2, 0.25) is 0 Å². The topological polar surface area (TPSA) is 178 Å². The number of carbonyl (C=O) groups is 6. The summed E-state index contributed by atoms with van der Waals surface area (Å²) >= 11 is 0. The van der Waals surface area contributed by atoms with Crippen molar-refractivity contribution in [3.63, 3.8) is 0 Å². The molecule has 3 amide bonds. The van der Waals surface area contributed by atoms with Crippen molar-refractivity contribution in [1.82, 2.24) is 10.2 Å². The van der Waals surface area contributed by atoms with Crippen molar-refractivity contribution in [3.8, 4) is 0 Å². The number of carboxylic acid groups (broad SMARTS) is 3. The van der Waals surface area contributed by atoms with E-state index in [-0.39, 0.29) is 22.3 Å². The molecule has 0 aliphatic carbocycles. The van der Waals surface area contributed by atoms with Gasteiger partial charge in [0.05, 0.1) is 22.3 Å². The zero-order valence-corrected chi connectivity index (χ0v) is 17.5. The molecule has 2 atom stereocenters. The highest BCUT2D eigenvalue weighted by Crippen LogP contribution is 2.24. The molecule has 172 valence electrons. The van der Waals surface area contributed by atoms with Crippen LogP contribution < -0.4 is 5.32 Å². The number of nitrogens with zero attached hydrogens (tertiary/aromatic N) is 1. The summed E-state index contributed by atoms with van der Waals surface area (Å²) in [5.74, 6) is -5.44. The van der Waals surface area contributed by atoms with Gasteiger partial charge in [0.25, 0.3) is 17.7 Å². The lowest BCUT2D eigenvalue weighted by molar-refractivity contribution is -0.141. The molecule has 3 rings (SSSR count). The number of fused-ring (bicyclic) bond motifs is 1. The highest BCUT2D eigenvalue weighted by atomic mass is 16.4.